The second kappa shape index (κ2) is 8.27. The molecule has 2 aromatic rings. The van der Waals surface area contributed by atoms with E-state index in [1.165, 1.54) is 18.2 Å². The highest BCUT2D eigenvalue weighted by Gasteiger charge is 2.33. The predicted octanol–water partition coefficient (Wildman–Crippen LogP) is 4.19. The molecule has 1 saturated heterocycles. The highest BCUT2D eigenvalue weighted by Crippen LogP contribution is 2.37. The van der Waals surface area contributed by atoms with E-state index in [2.05, 4.69) is 10.0 Å². The molecule has 1 unspecified atom stereocenters. The van der Waals surface area contributed by atoms with E-state index >= 15 is 0 Å². The lowest BCUT2D eigenvalue weighted by Gasteiger charge is -2.20. The molecule has 0 bridgehead atoms. The van der Waals surface area contributed by atoms with E-state index < -0.39 is 27.7 Å². The van der Waals surface area contributed by atoms with Crippen molar-refractivity contribution >= 4 is 21.7 Å². The van der Waals surface area contributed by atoms with Gasteiger partial charge in [-0.15, -0.1) is 0 Å². The molecular weight excluding hydrogens is 421 g/mol. The van der Waals surface area contributed by atoms with Gasteiger partial charge >= 0.3 is 12.1 Å². The molecule has 0 aliphatic carbocycles. The number of alkyl halides is 3. The first kappa shape index (κ1) is 22.1. The van der Waals surface area contributed by atoms with Gasteiger partial charge in [0, 0.05) is 6.04 Å². The van der Waals surface area contributed by atoms with Crippen molar-refractivity contribution in [2.45, 2.75) is 43.3 Å². The summed E-state index contributed by atoms with van der Waals surface area (Å²) in [4.78, 5) is 11.0. The Bertz CT molecular complexity index is 1060. The molecule has 2 aromatic carbocycles. The summed E-state index contributed by atoms with van der Waals surface area (Å²) in [5, 5.41) is 12.3. The van der Waals surface area contributed by atoms with E-state index in [-0.39, 0.29) is 22.2 Å². The van der Waals surface area contributed by atoms with Crippen LogP contribution in [0.5, 0.6) is 0 Å². The number of aromatic carboxylic acids is 1. The SMILES string of the molecule is CCc1ccc(C(=O)O)cc1S(=O)(=O)Nc1cc(C(F)(F)F)ccc1C1CCCN1. The van der Waals surface area contributed by atoms with Crippen LogP contribution in [0.25, 0.3) is 0 Å². The van der Waals surface area contributed by atoms with Crippen molar-refractivity contribution in [1.29, 1.82) is 0 Å². The summed E-state index contributed by atoms with van der Waals surface area (Å²) in [6.45, 7) is 2.38. The Hall–Kier alpha value is -2.59. The number of rotatable bonds is 6. The molecule has 0 aromatic heterocycles. The number of carboxylic acids is 1. The molecule has 6 nitrogen and oxygen atoms in total. The van der Waals surface area contributed by atoms with Crippen molar-refractivity contribution in [3.63, 3.8) is 0 Å². The third-order valence-corrected chi connectivity index (χ3v) is 6.49. The Balaban J connectivity index is 2.09. The molecule has 1 atom stereocenters. The molecule has 3 rings (SSSR count). The van der Waals surface area contributed by atoms with Crippen LogP contribution in [-0.4, -0.2) is 26.0 Å². The predicted molar refractivity (Wildman–Crippen MR) is 105 cm³/mol. The number of carbonyl (C=O) groups is 1. The monoisotopic (exact) mass is 442 g/mol. The van der Waals surface area contributed by atoms with E-state index in [1.807, 2.05) is 0 Å². The van der Waals surface area contributed by atoms with Crippen LogP contribution in [0.1, 0.15) is 52.9 Å². The lowest BCUT2D eigenvalue weighted by molar-refractivity contribution is -0.137. The fraction of sp³-hybridized carbons (Fsp3) is 0.350. The molecule has 0 saturated carbocycles. The zero-order valence-electron chi connectivity index (χ0n) is 16.1. The van der Waals surface area contributed by atoms with Gasteiger partial charge < -0.3 is 10.4 Å². The van der Waals surface area contributed by atoms with Crippen molar-refractivity contribution in [3.8, 4) is 0 Å². The van der Waals surface area contributed by atoms with Crippen LogP contribution in [0.3, 0.4) is 0 Å². The Kier molecular flexibility index (Phi) is 6.09. The van der Waals surface area contributed by atoms with Crippen molar-refractivity contribution < 1.29 is 31.5 Å². The second-order valence-corrected chi connectivity index (χ2v) is 8.69. The van der Waals surface area contributed by atoms with Crippen molar-refractivity contribution in [3.05, 3.63) is 58.7 Å². The molecule has 162 valence electrons. The van der Waals surface area contributed by atoms with E-state index in [0.29, 0.717) is 30.5 Å². The average Bonchev–Trinajstić information content (AvgIpc) is 3.20. The molecule has 1 fully saturated rings. The Morgan fingerprint density at radius 2 is 1.97 bits per heavy atom. The quantitative estimate of drug-likeness (QED) is 0.624. The third-order valence-electron chi connectivity index (χ3n) is 5.05. The number of hydrogen-bond donors (Lipinski definition) is 3. The third kappa shape index (κ3) is 4.59. The van der Waals surface area contributed by atoms with E-state index in [0.717, 1.165) is 24.6 Å². The summed E-state index contributed by atoms with van der Waals surface area (Å²) in [6, 6.07) is 6.40. The zero-order valence-corrected chi connectivity index (χ0v) is 16.9. The zero-order chi connectivity index (χ0) is 22.1. The molecule has 10 heteroatoms. The molecule has 1 aliphatic heterocycles. The van der Waals surface area contributed by atoms with Gasteiger partial charge in [0.1, 0.15) is 0 Å². The maximum Gasteiger partial charge on any atom is 0.416 e. The fourth-order valence-corrected chi connectivity index (χ4v) is 4.92. The standard InChI is InChI=1S/C20H21F3N2O4S/c1-2-12-5-6-13(19(26)27)10-18(12)30(28,29)25-17-11-14(20(21,22)23)7-8-15(17)16-4-3-9-24-16/h5-8,10-11,16,24-25H,2-4,9H2,1H3,(H,26,27). The lowest BCUT2D eigenvalue weighted by atomic mass is 10.0. The van der Waals surface area contributed by atoms with Gasteiger partial charge in [0.15, 0.2) is 0 Å². The number of nitrogens with one attached hydrogen (secondary N) is 2. The van der Waals surface area contributed by atoms with Gasteiger partial charge in [-0.1, -0.05) is 19.1 Å². The minimum Gasteiger partial charge on any atom is -0.478 e. The van der Waals surface area contributed by atoms with E-state index in [4.69, 9.17) is 0 Å². The van der Waals surface area contributed by atoms with Crippen molar-refractivity contribution in [2.24, 2.45) is 0 Å². The van der Waals surface area contributed by atoms with E-state index in [9.17, 15) is 31.5 Å². The molecule has 0 radical (unpaired) electrons. The Morgan fingerprint density at radius 3 is 2.53 bits per heavy atom. The molecular formula is C20H21F3N2O4S. The molecule has 1 heterocycles. The number of anilines is 1. The number of aryl methyl sites for hydroxylation is 1. The summed E-state index contributed by atoms with van der Waals surface area (Å²) in [6.07, 6.45) is -2.86. The Morgan fingerprint density at radius 1 is 1.23 bits per heavy atom. The summed E-state index contributed by atoms with van der Waals surface area (Å²) < 4.78 is 68.1. The summed E-state index contributed by atoms with van der Waals surface area (Å²) in [5.74, 6) is -1.30. The maximum atomic E-state index is 13.2. The van der Waals surface area contributed by atoms with Gasteiger partial charge in [0.05, 0.1) is 21.7 Å². The van der Waals surface area contributed by atoms with Crippen molar-refractivity contribution in [1.82, 2.24) is 5.32 Å². The van der Waals surface area contributed by atoms with Crippen LogP contribution in [0.2, 0.25) is 0 Å². The van der Waals surface area contributed by atoms with Gasteiger partial charge in [-0.25, -0.2) is 13.2 Å². The van der Waals surface area contributed by atoms with Gasteiger partial charge in [0.25, 0.3) is 10.0 Å². The van der Waals surface area contributed by atoms with Crippen LogP contribution < -0.4 is 10.0 Å². The Labute approximate surface area is 172 Å². The van der Waals surface area contributed by atoms with Gasteiger partial charge in [0.2, 0.25) is 0 Å². The second-order valence-electron chi connectivity index (χ2n) is 7.04. The highest BCUT2D eigenvalue weighted by atomic mass is 32.2. The topological polar surface area (TPSA) is 95.5 Å². The van der Waals surface area contributed by atoms with Crippen LogP contribution in [-0.2, 0) is 22.6 Å². The van der Waals surface area contributed by atoms with Crippen LogP contribution in [0.4, 0.5) is 18.9 Å². The smallest absolute Gasteiger partial charge is 0.416 e. The number of halogens is 3. The maximum absolute atomic E-state index is 13.2. The van der Waals surface area contributed by atoms with E-state index in [1.54, 1.807) is 6.92 Å². The van der Waals surface area contributed by atoms with Crippen LogP contribution >= 0.6 is 0 Å². The molecule has 1 aliphatic rings. The highest BCUT2D eigenvalue weighted by molar-refractivity contribution is 7.92. The lowest BCUT2D eigenvalue weighted by Crippen LogP contribution is -2.20. The summed E-state index contributed by atoms with van der Waals surface area (Å²) in [5.41, 5.74) is -0.602. The largest absolute Gasteiger partial charge is 0.478 e. The first-order valence-electron chi connectivity index (χ1n) is 9.36. The molecule has 0 amide bonds. The minimum absolute atomic E-state index is 0.174. The normalized spacial score (nSPS) is 17.1. The number of sulfonamides is 1. The van der Waals surface area contributed by atoms with Crippen LogP contribution in [0, 0.1) is 0 Å². The number of hydrogen-bond acceptors (Lipinski definition) is 4. The van der Waals surface area contributed by atoms with Crippen molar-refractivity contribution in [2.75, 3.05) is 11.3 Å². The fourth-order valence-electron chi connectivity index (χ4n) is 3.50. The molecule has 0 spiro atoms. The summed E-state index contributed by atoms with van der Waals surface area (Å²) >= 11 is 0. The van der Waals surface area contributed by atoms with Gasteiger partial charge in [-0.2, -0.15) is 13.2 Å². The summed E-state index contributed by atoms with van der Waals surface area (Å²) in [7, 11) is -4.33. The number of benzene rings is 2. The van der Waals surface area contributed by atoms with Gasteiger partial charge in [-0.3, -0.25) is 4.72 Å². The van der Waals surface area contributed by atoms with Gasteiger partial charge in [-0.05, 0) is 61.2 Å². The molecule has 30 heavy (non-hydrogen) atoms. The molecule has 3 N–H and O–H groups in total. The first-order chi connectivity index (χ1) is 14.0. The first-order valence-corrected chi connectivity index (χ1v) is 10.8. The average molecular weight is 442 g/mol. The number of carboxylic acid groups (broad SMARTS) is 1. The van der Waals surface area contributed by atoms with Crippen LogP contribution in [0.15, 0.2) is 41.3 Å². The minimum atomic E-state index is -4.64.